The van der Waals surface area contributed by atoms with Crippen molar-refractivity contribution in [1.82, 2.24) is 5.32 Å². The van der Waals surface area contributed by atoms with Crippen LogP contribution < -0.4 is 5.32 Å². The van der Waals surface area contributed by atoms with Gasteiger partial charge in [-0.15, -0.1) is 0 Å². The molecule has 0 saturated heterocycles. The van der Waals surface area contributed by atoms with Gasteiger partial charge < -0.3 is 5.32 Å². The van der Waals surface area contributed by atoms with E-state index in [0.29, 0.717) is 31.1 Å². The second-order valence-corrected chi connectivity index (χ2v) is 5.72. The molecule has 94 valence electrons. The molecule has 1 heterocycles. The molecule has 0 aromatic rings. The molecule has 0 aromatic heterocycles. The van der Waals surface area contributed by atoms with Gasteiger partial charge in [0.1, 0.15) is 11.8 Å². The second-order valence-electron chi connectivity index (χ2n) is 5.72. The van der Waals surface area contributed by atoms with E-state index in [0.717, 1.165) is 6.54 Å². The normalized spacial score (nSPS) is 33.9. The van der Waals surface area contributed by atoms with Crippen molar-refractivity contribution in [2.45, 2.75) is 33.6 Å². The zero-order valence-corrected chi connectivity index (χ0v) is 10.7. The van der Waals surface area contributed by atoms with Crippen molar-refractivity contribution >= 4 is 17.4 Å². The molecule has 2 rings (SSSR count). The summed E-state index contributed by atoms with van der Waals surface area (Å²) in [5.74, 6) is 0.404. The smallest absolute Gasteiger partial charge is 0.151 e. The molecule has 1 aliphatic carbocycles. The van der Waals surface area contributed by atoms with E-state index in [1.807, 2.05) is 6.92 Å². The number of ketones is 2. The third-order valence-electron chi connectivity index (χ3n) is 4.17. The third-order valence-corrected chi connectivity index (χ3v) is 4.17. The summed E-state index contributed by atoms with van der Waals surface area (Å²) in [6.45, 7) is 7.60. The number of hydrogen-bond donors (Lipinski definition) is 1. The highest BCUT2D eigenvalue weighted by molar-refractivity contribution is 6.22. The van der Waals surface area contributed by atoms with Gasteiger partial charge in [0.2, 0.25) is 0 Å². The molecule has 1 fully saturated rings. The molecule has 4 nitrogen and oxygen atoms in total. The molecule has 0 atom stereocenters. The molecule has 0 bridgehead atoms. The van der Waals surface area contributed by atoms with Crippen molar-refractivity contribution in [3.63, 3.8) is 0 Å². The highest BCUT2D eigenvalue weighted by atomic mass is 16.2. The van der Waals surface area contributed by atoms with Crippen LogP contribution in [0.4, 0.5) is 0 Å². The number of carbonyl (C=O) groups excluding carboxylic acids is 2. The number of hydrogen-bond acceptors (Lipinski definition) is 4. The average Bonchev–Trinajstić information content (AvgIpc) is 2.69. The maximum atomic E-state index is 12.2. The van der Waals surface area contributed by atoms with E-state index in [9.17, 15) is 9.59 Å². The topological polar surface area (TPSA) is 58.5 Å². The van der Waals surface area contributed by atoms with Crippen LogP contribution in [0, 0.1) is 17.3 Å². The first-order valence-corrected chi connectivity index (χ1v) is 6.28. The maximum Gasteiger partial charge on any atom is 0.151 e. The third kappa shape index (κ3) is 2.13. The van der Waals surface area contributed by atoms with Crippen LogP contribution in [0.2, 0.25) is 0 Å². The lowest BCUT2D eigenvalue weighted by molar-refractivity contribution is -0.138. The number of rotatable bonds is 2. The van der Waals surface area contributed by atoms with Gasteiger partial charge in [0.25, 0.3) is 0 Å². The summed E-state index contributed by atoms with van der Waals surface area (Å²) in [6.07, 6.45) is 0.976. The lowest BCUT2D eigenvalue weighted by atomic mass is 9.64. The molecule has 2 aliphatic rings. The van der Waals surface area contributed by atoms with E-state index in [1.54, 1.807) is 0 Å². The monoisotopic (exact) mass is 236 g/mol. The van der Waals surface area contributed by atoms with E-state index in [2.05, 4.69) is 24.2 Å². The second kappa shape index (κ2) is 4.24. The minimum atomic E-state index is -0.607. The fourth-order valence-corrected chi connectivity index (χ4v) is 2.57. The molecule has 4 heteroatoms. The van der Waals surface area contributed by atoms with Gasteiger partial charge in [-0.1, -0.05) is 20.8 Å². The Labute approximate surface area is 102 Å². The molecule has 0 spiro atoms. The predicted octanol–water partition coefficient (Wildman–Crippen LogP) is 1.20. The van der Waals surface area contributed by atoms with Crippen molar-refractivity contribution < 1.29 is 9.59 Å². The van der Waals surface area contributed by atoms with Crippen LogP contribution >= 0.6 is 0 Å². The molecular weight excluding hydrogens is 216 g/mol. The van der Waals surface area contributed by atoms with E-state index in [1.165, 1.54) is 0 Å². The molecule has 0 aromatic carbocycles. The standard InChI is InChI=1S/C13H20N2O2/c1-8(2)13(3)6-9(16)11(10(17)7-13)12-14-4-5-15-12/h8,11H,4-7H2,1-3H3,(H,14,15). The van der Waals surface area contributed by atoms with Crippen LogP contribution in [0.5, 0.6) is 0 Å². The first-order valence-electron chi connectivity index (χ1n) is 6.28. The van der Waals surface area contributed by atoms with Gasteiger partial charge in [-0.3, -0.25) is 14.6 Å². The van der Waals surface area contributed by atoms with Gasteiger partial charge in [0.15, 0.2) is 11.6 Å². The Morgan fingerprint density at radius 2 is 1.88 bits per heavy atom. The molecule has 17 heavy (non-hydrogen) atoms. The van der Waals surface area contributed by atoms with E-state index < -0.39 is 5.92 Å². The summed E-state index contributed by atoms with van der Waals surface area (Å²) in [6, 6.07) is 0. The molecular formula is C13H20N2O2. The number of aliphatic imine (C=N–C) groups is 1. The highest BCUT2D eigenvalue weighted by Crippen LogP contribution is 2.41. The van der Waals surface area contributed by atoms with Crippen LogP contribution in [0.15, 0.2) is 4.99 Å². The zero-order chi connectivity index (χ0) is 12.6. The number of amidine groups is 1. The van der Waals surface area contributed by atoms with Gasteiger partial charge >= 0.3 is 0 Å². The quantitative estimate of drug-likeness (QED) is 0.733. The van der Waals surface area contributed by atoms with Crippen molar-refractivity contribution in [1.29, 1.82) is 0 Å². The molecule has 0 unspecified atom stereocenters. The van der Waals surface area contributed by atoms with Crippen LogP contribution in [0.3, 0.4) is 0 Å². The molecule has 1 N–H and O–H groups in total. The largest absolute Gasteiger partial charge is 0.371 e. The fourth-order valence-electron chi connectivity index (χ4n) is 2.57. The lowest BCUT2D eigenvalue weighted by Crippen LogP contribution is -2.47. The van der Waals surface area contributed by atoms with Gasteiger partial charge in [-0.05, 0) is 11.3 Å². The minimum Gasteiger partial charge on any atom is -0.371 e. The van der Waals surface area contributed by atoms with E-state index in [-0.39, 0.29) is 17.0 Å². The molecule has 1 aliphatic heterocycles. The Morgan fingerprint density at radius 3 is 2.29 bits per heavy atom. The number of nitrogens with zero attached hydrogens (tertiary/aromatic N) is 1. The molecule has 0 radical (unpaired) electrons. The lowest BCUT2D eigenvalue weighted by Gasteiger charge is -2.38. The van der Waals surface area contributed by atoms with Crippen LogP contribution in [0.1, 0.15) is 33.6 Å². The molecule has 1 saturated carbocycles. The SMILES string of the molecule is CC(C)C1(C)CC(=O)C(C2=NCCN2)C(=O)C1. The maximum absolute atomic E-state index is 12.2. The Kier molecular flexibility index (Phi) is 3.06. The fraction of sp³-hybridized carbons (Fsp3) is 0.769. The van der Waals surface area contributed by atoms with Crippen molar-refractivity contribution in [3.05, 3.63) is 0 Å². The Hall–Kier alpha value is -1.19. The number of nitrogens with one attached hydrogen (secondary N) is 1. The summed E-state index contributed by atoms with van der Waals surface area (Å²) in [5.41, 5.74) is -0.177. The summed E-state index contributed by atoms with van der Waals surface area (Å²) < 4.78 is 0. The van der Waals surface area contributed by atoms with E-state index in [4.69, 9.17) is 0 Å². The van der Waals surface area contributed by atoms with Crippen molar-refractivity contribution in [3.8, 4) is 0 Å². The number of carbonyl (C=O) groups is 2. The molecule has 0 amide bonds. The highest BCUT2D eigenvalue weighted by Gasteiger charge is 2.46. The first-order chi connectivity index (χ1) is 7.94. The zero-order valence-electron chi connectivity index (χ0n) is 10.7. The van der Waals surface area contributed by atoms with Crippen molar-refractivity contribution in [2.75, 3.05) is 13.1 Å². The Morgan fingerprint density at radius 1 is 1.29 bits per heavy atom. The number of Topliss-reactive ketones (excluding diaryl/α,β-unsaturated/α-hetero) is 2. The summed E-state index contributed by atoms with van der Waals surface area (Å²) in [4.78, 5) is 28.6. The van der Waals surface area contributed by atoms with Gasteiger partial charge in [0, 0.05) is 19.4 Å². The van der Waals surface area contributed by atoms with Gasteiger partial charge in [0.05, 0.1) is 6.54 Å². The van der Waals surface area contributed by atoms with Crippen LogP contribution in [-0.2, 0) is 9.59 Å². The van der Waals surface area contributed by atoms with Gasteiger partial charge in [-0.2, -0.15) is 0 Å². The Bertz CT molecular complexity index is 367. The Balaban J connectivity index is 2.20. The summed E-state index contributed by atoms with van der Waals surface area (Å²) in [7, 11) is 0. The van der Waals surface area contributed by atoms with Crippen LogP contribution in [0.25, 0.3) is 0 Å². The summed E-state index contributed by atoms with van der Waals surface area (Å²) >= 11 is 0. The average molecular weight is 236 g/mol. The minimum absolute atomic E-state index is 0.0330. The van der Waals surface area contributed by atoms with Crippen LogP contribution in [-0.4, -0.2) is 30.5 Å². The van der Waals surface area contributed by atoms with Gasteiger partial charge in [-0.25, -0.2) is 0 Å². The predicted molar refractivity (Wildman–Crippen MR) is 66.0 cm³/mol. The van der Waals surface area contributed by atoms with E-state index >= 15 is 0 Å². The van der Waals surface area contributed by atoms with Crippen molar-refractivity contribution in [2.24, 2.45) is 22.2 Å². The summed E-state index contributed by atoms with van der Waals surface area (Å²) in [5, 5.41) is 3.05. The first kappa shape index (κ1) is 12.3.